The number of nitrogens with one attached hydrogen (secondary N) is 1. The fourth-order valence-corrected chi connectivity index (χ4v) is 2.81. The molecule has 0 aromatic carbocycles. The molecule has 0 aromatic heterocycles. The van der Waals surface area contributed by atoms with Gasteiger partial charge in [0.15, 0.2) is 0 Å². The van der Waals surface area contributed by atoms with Crippen LogP contribution in [0.1, 0.15) is 71.1 Å². The lowest BCUT2D eigenvalue weighted by atomic mass is 9.86. The van der Waals surface area contributed by atoms with E-state index in [9.17, 15) is 4.79 Å². The average molecular weight is 254 g/mol. The summed E-state index contributed by atoms with van der Waals surface area (Å²) in [6, 6.07) is 0.184. The van der Waals surface area contributed by atoms with Gasteiger partial charge in [0.1, 0.15) is 0 Å². The predicted molar refractivity (Wildman–Crippen MR) is 76.3 cm³/mol. The van der Waals surface area contributed by atoms with E-state index < -0.39 is 0 Å². The molecule has 1 amide bonds. The van der Waals surface area contributed by atoms with Crippen LogP contribution in [-0.2, 0) is 4.79 Å². The number of carbonyl (C=O) groups is 1. The van der Waals surface area contributed by atoms with Crippen LogP contribution < -0.4 is 11.1 Å². The van der Waals surface area contributed by atoms with Crippen molar-refractivity contribution in [3.8, 4) is 0 Å². The molecule has 1 rings (SSSR count). The third-order valence-electron chi connectivity index (χ3n) is 4.06. The molecule has 0 spiro atoms. The SMILES string of the molecule is CCCCC(CN)NC(=O)CCC1CCCCC1. The summed E-state index contributed by atoms with van der Waals surface area (Å²) in [6.07, 6.45) is 11.8. The molecule has 1 fully saturated rings. The number of nitrogens with two attached hydrogens (primary N) is 1. The Morgan fingerprint density at radius 1 is 1.33 bits per heavy atom. The highest BCUT2D eigenvalue weighted by Gasteiger charge is 2.16. The lowest BCUT2D eigenvalue weighted by Crippen LogP contribution is -2.40. The second-order valence-corrected chi connectivity index (χ2v) is 5.69. The van der Waals surface area contributed by atoms with Crippen LogP contribution in [0.25, 0.3) is 0 Å². The van der Waals surface area contributed by atoms with Crippen molar-refractivity contribution in [2.45, 2.75) is 77.2 Å². The van der Waals surface area contributed by atoms with Crippen LogP contribution in [0.4, 0.5) is 0 Å². The minimum Gasteiger partial charge on any atom is -0.352 e. The van der Waals surface area contributed by atoms with E-state index >= 15 is 0 Å². The smallest absolute Gasteiger partial charge is 0.220 e. The Labute approximate surface area is 112 Å². The molecule has 0 bridgehead atoms. The first-order valence-corrected chi connectivity index (χ1v) is 7.75. The predicted octanol–water partition coefficient (Wildman–Crippen LogP) is 2.98. The zero-order valence-corrected chi connectivity index (χ0v) is 11.9. The van der Waals surface area contributed by atoms with Gasteiger partial charge < -0.3 is 11.1 Å². The van der Waals surface area contributed by atoms with Gasteiger partial charge in [0.25, 0.3) is 0 Å². The first kappa shape index (κ1) is 15.5. The molecule has 1 aliphatic carbocycles. The largest absolute Gasteiger partial charge is 0.352 e. The molecular formula is C15H30N2O. The highest BCUT2D eigenvalue weighted by atomic mass is 16.1. The van der Waals surface area contributed by atoms with E-state index in [-0.39, 0.29) is 11.9 Å². The van der Waals surface area contributed by atoms with Gasteiger partial charge in [0.05, 0.1) is 0 Å². The van der Waals surface area contributed by atoms with Gasteiger partial charge in [-0.1, -0.05) is 51.9 Å². The first-order valence-electron chi connectivity index (χ1n) is 7.75. The summed E-state index contributed by atoms with van der Waals surface area (Å²) in [5.74, 6) is 0.989. The first-order chi connectivity index (χ1) is 8.76. The van der Waals surface area contributed by atoms with Crippen molar-refractivity contribution in [3.63, 3.8) is 0 Å². The molecule has 0 radical (unpaired) electrons. The van der Waals surface area contributed by atoms with Gasteiger partial charge in [-0.15, -0.1) is 0 Å². The zero-order valence-electron chi connectivity index (χ0n) is 11.9. The van der Waals surface area contributed by atoms with E-state index in [1.807, 2.05) is 0 Å². The summed E-state index contributed by atoms with van der Waals surface area (Å²) in [5, 5.41) is 3.08. The molecule has 3 heteroatoms. The Kier molecular flexibility index (Phi) is 8.06. The molecule has 0 aliphatic heterocycles. The van der Waals surface area contributed by atoms with Crippen molar-refractivity contribution in [2.75, 3.05) is 6.54 Å². The van der Waals surface area contributed by atoms with Crippen molar-refractivity contribution >= 4 is 5.91 Å². The van der Waals surface area contributed by atoms with Gasteiger partial charge >= 0.3 is 0 Å². The van der Waals surface area contributed by atoms with Gasteiger partial charge in [-0.2, -0.15) is 0 Å². The second kappa shape index (κ2) is 9.37. The molecule has 1 atom stereocenters. The van der Waals surface area contributed by atoms with E-state index in [1.165, 1.54) is 32.1 Å². The maximum absolute atomic E-state index is 11.9. The number of rotatable bonds is 8. The number of hydrogen-bond donors (Lipinski definition) is 2. The molecule has 0 aromatic rings. The van der Waals surface area contributed by atoms with Crippen LogP contribution in [0.5, 0.6) is 0 Å². The molecule has 106 valence electrons. The van der Waals surface area contributed by atoms with Gasteiger partial charge in [0, 0.05) is 19.0 Å². The lowest BCUT2D eigenvalue weighted by molar-refractivity contribution is -0.122. The standard InChI is InChI=1S/C15H30N2O/c1-2-3-9-14(12-16)17-15(18)11-10-13-7-5-4-6-8-13/h13-14H,2-12,16H2,1H3,(H,17,18). The number of unbranched alkanes of at least 4 members (excludes halogenated alkanes) is 1. The Bertz CT molecular complexity index is 225. The van der Waals surface area contributed by atoms with Crippen LogP contribution in [0, 0.1) is 5.92 Å². The Morgan fingerprint density at radius 2 is 2.06 bits per heavy atom. The summed E-state index contributed by atoms with van der Waals surface area (Å²) in [5.41, 5.74) is 5.69. The summed E-state index contributed by atoms with van der Waals surface area (Å²) >= 11 is 0. The Morgan fingerprint density at radius 3 is 2.67 bits per heavy atom. The van der Waals surface area contributed by atoms with Crippen molar-refractivity contribution in [1.82, 2.24) is 5.32 Å². The summed E-state index contributed by atoms with van der Waals surface area (Å²) in [6.45, 7) is 2.73. The molecule has 1 saturated carbocycles. The maximum atomic E-state index is 11.9. The Balaban J connectivity index is 2.14. The minimum atomic E-state index is 0.184. The zero-order chi connectivity index (χ0) is 13.2. The van der Waals surface area contributed by atoms with Gasteiger partial charge in [-0.05, 0) is 18.8 Å². The van der Waals surface area contributed by atoms with E-state index in [2.05, 4.69) is 12.2 Å². The van der Waals surface area contributed by atoms with E-state index in [0.29, 0.717) is 13.0 Å². The molecule has 18 heavy (non-hydrogen) atoms. The lowest BCUT2D eigenvalue weighted by Gasteiger charge is -2.22. The molecule has 3 N–H and O–H groups in total. The third-order valence-corrected chi connectivity index (χ3v) is 4.06. The summed E-state index contributed by atoms with van der Waals surface area (Å²) in [4.78, 5) is 11.9. The minimum absolute atomic E-state index is 0.184. The van der Waals surface area contributed by atoms with E-state index in [0.717, 1.165) is 31.6 Å². The molecule has 0 saturated heterocycles. The van der Waals surface area contributed by atoms with Crippen molar-refractivity contribution in [3.05, 3.63) is 0 Å². The fourth-order valence-electron chi connectivity index (χ4n) is 2.81. The molecular weight excluding hydrogens is 224 g/mol. The number of hydrogen-bond acceptors (Lipinski definition) is 2. The average Bonchev–Trinajstić information content (AvgIpc) is 2.42. The van der Waals surface area contributed by atoms with Gasteiger partial charge in [-0.3, -0.25) is 4.79 Å². The molecule has 1 unspecified atom stereocenters. The van der Waals surface area contributed by atoms with Crippen LogP contribution >= 0.6 is 0 Å². The van der Waals surface area contributed by atoms with Gasteiger partial charge in [0.2, 0.25) is 5.91 Å². The number of carbonyl (C=O) groups excluding carboxylic acids is 1. The highest BCUT2D eigenvalue weighted by molar-refractivity contribution is 5.76. The van der Waals surface area contributed by atoms with Crippen LogP contribution in [-0.4, -0.2) is 18.5 Å². The van der Waals surface area contributed by atoms with Crippen LogP contribution in [0.2, 0.25) is 0 Å². The monoisotopic (exact) mass is 254 g/mol. The molecule has 1 aliphatic rings. The van der Waals surface area contributed by atoms with Crippen molar-refractivity contribution in [2.24, 2.45) is 11.7 Å². The van der Waals surface area contributed by atoms with Crippen LogP contribution in [0.3, 0.4) is 0 Å². The normalized spacial score (nSPS) is 18.6. The quantitative estimate of drug-likeness (QED) is 0.699. The van der Waals surface area contributed by atoms with E-state index in [1.54, 1.807) is 0 Å². The third kappa shape index (κ3) is 6.39. The maximum Gasteiger partial charge on any atom is 0.220 e. The second-order valence-electron chi connectivity index (χ2n) is 5.69. The summed E-state index contributed by atoms with van der Waals surface area (Å²) in [7, 11) is 0. The topological polar surface area (TPSA) is 55.1 Å². The Hall–Kier alpha value is -0.570. The van der Waals surface area contributed by atoms with Crippen molar-refractivity contribution < 1.29 is 4.79 Å². The molecule has 0 heterocycles. The van der Waals surface area contributed by atoms with Crippen LogP contribution in [0.15, 0.2) is 0 Å². The fraction of sp³-hybridized carbons (Fsp3) is 0.933. The van der Waals surface area contributed by atoms with Gasteiger partial charge in [-0.25, -0.2) is 0 Å². The summed E-state index contributed by atoms with van der Waals surface area (Å²) < 4.78 is 0. The van der Waals surface area contributed by atoms with E-state index in [4.69, 9.17) is 5.73 Å². The van der Waals surface area contributed by atoms with Crippen molar-refractivity contribution in [1.29, 1.82) is 0 Å². The number of amides is 1. The highest BCUT2D eigenvalue weighted by Crippen LogP contribution is 2.27. The molecule has 3 nitrogen and oxygen atoms in total.